The molecule has 1 amide bonds. The summed E-state index contributed by atoms with van der Waals surface area (Å²) >= 11 is 0. The van der Waals surface area contributed by atoms with Gasteiger partial charge in [0.25, 0.3) is 0 Å². The van der Waals surface area contributed by atoms with Crippen LogP contribution in [0.4, 0.5) is 0 Å². The van der Waals surface area contributed by atoms with Crippen LogP contribution in [0.25, 0.3) is 0 Å². The standard InChI is InChI=1S/C13H25N3O/c1-15-9-5-6-11(10-15)16(2)12(17)13(14)7-3-4-8-13/h11H,3-10,14H2,1-2H3. The number of amides is 1. The first-order valence-corrected chi connectivity index (χ1v) is 6.78. The Balaban J connectivity index is 1.98. The summed E-state index contributed by atoms with van der Waals surface area (Å²) in [6.45, 7) is 2.13. The average Bonchev–Trinajstić information content (AvgIpc) is 2.75. The largest absolute Gasteiger partial charge is 0.340 e. The first kappa shape index (κ1) is 12.8. The van der Waals surface area contributed by atoms with Crippen molar-refractivity contribution in [3.63, 3.8) is 0 Å². The highest BCUT2D eigenvalue weighted by molar-refractivity contribution is 5.86. The van der Waals surface area contributed by atoms with Crippen LogP contribution < -0.4 is 5.73 Å². The minimum atomic E-state index is -0.565. The summed E-state index contributed by atoms with van der Waals surface area (Å²) in [5, 5.41) is 0. The molecule has 98 valence electrons. The van der Waals surface area contributed by atoms with Gasteiger partial charge in [-0.1, -0.05) is 12.8 Å². The normalized spacial score (nSPS) is 29.2. The highest BCUT2D eigenvalue weighted by Gasteiger charge is 2.40. The van der Waals surface area contributed by atoms with E-state index >= 15 is 0 Å². The molecule has 2 fully saturated rings. The van der Waals surface area contributed by atoms with Crippen molar-refractivity contribution in [1.29, 1.82) is 0 Å². The molecule has 1 unspecified atom stereocenters. The van der Waals surface area contributed by atoms with Crippen LogP contribution in [0.1, 0.15) is 38.5 Å². The maximum absolute atomic E-state index is 12.5. The van der Waals surface area contributed by atoms with E-state index in [1.54, 1.807) is 0 Å². The van der Waals surface area contributed by atoms with Gasteiger partial charge in [-0.3, -0.25) is 4.79 Å². The van der Waals surface area contributed by atoms with Crippen molar-refractivity contribution in [3.05, 3.63) is 0 Å². The number of hydrogen-bond acceptors (Lipinski definition) is 3. The van der Waals surface area contributed by atoms with E-state index < -0.39 is 5.54 Å². The van der Waals surface area contributed by atoms with Crippen molar-refractivity contribution in [2.75, 3.05) is 27.2 Å². The number of carbonyl (C=O) groups excluding carboxylic acids is 1. The fraction of sp³-hybridized carbons (Fsp3) is 0.923. The lowest BCUT2D eigenvalue weighted by molar-refractivity contribution is -0.138. The zero-order chi connectivity index (χ0) is 12.5. The number of likely N-dealkylation sites (tertiary alicyclic amines) is 1. The van der Waals surface area contributed by atoms with Crippen LogP contribution in [0, 0.1) is 0 Å². The zero-order valence-electron chi connectivity index (χ0n) is 11.1. The number of carbonyl (C=O) groups is 1. The second kappa shape index (κ2) is 4.94. The van der Waals surface area contributed by atoms with E-state index in [0.29, 0.717) is 6.04 Å². The van der Waals surface area contributed by atoms with Gasteiger partial charge in [0, 0.05) is 19.6 Å². The summed E-state index contributed by atoms with van der Waals surface area (Å²) in [6, 6.07) is 0.349. The third-order valence-electron chi connectivity index (χ3n) is 4.39. The molecule has 1 heterocycles. The molecule has 1 aliphatic carbocycles. The molecule has 0 spiro atoms. The second-order valence-corrected chi connectivity index (χ2v) is 5.84. The summed E-state index contributed by atoms with van der Waals surface area (Å²) in [5.74, 6) is 0.162. The van der Waals surface area contributed by atoms with Crippen LogP contribution in [0.3, 0.4) is 0 Å². The Labute approximate surface area is 104 Å². The highest BCUT2D eigenvalue weighted by atomic mass is 16.2. The minimum Gasteiger partial charge on any atom is -0.340 e. The van der Waals surface area contributed by atoms with Crippen molar-refractivity contribution in [2.45, 2.75) is 50.1 Å². The summed E-state index contributed by atoms with van der Waals surface area (Å²) in [5.41, 5.74) is 5.68. The van der Waals surface area contributed by atoms with Gasteiger partial charge in [-0.25, -0.2) is 0 Å². The number of piperidine rings is 1. The van der Waals surface area contributed by atoms with Crippen molar-refractivity contribution in [3.8, 4) is 0 Å². The fourth-order valence-corrected chi connectivity index (χ4v) is 3.19. The number of likely N-dealkylation sites (N-methyl/N-ethyl adjacent to an activating group) is 2. The summed E-state index contributed by atoms with van der Waals surface area (Å²) in [4.78, 5) is 16.7. The van der Waals surface area contributed by atoms with Gasteiger partial charge in [-0.05, 0) is 39.3 Å². The van der Waals surface area contributed by atoms with Gasteiger partial charge < -0.3 is 15.5 Å². The maximum atomic E-state index is 12.5. The van der Waals surface area contributed by atoms with E-state index in [0.717, 1.165) is 45.2 Å². The van der Waals surface area contributed by atoms with Gasteiger partial charge in [-0.15, -0.1) is 0 Å². The molecule has 0 radical (unpaired) electrons. The van der Waals surface area contributed by atoms with E-state index in [9.17, 15) is 4.79 Å². The number of rotatable bonds is 2. The molecule has 2 rings (SSSR count). The van der Waals surface area contributed by atoms with Gasteiger partial charge in [0.1, 0.15) is 0 Å². The van der Waals surface area contributed by atoms with Gasteiger partial charge >= 0.3 is 0 Å². The smallest absolute Gasteiger partial charge is 0.242 e. The number of hydrogen-bond donors (Lipinski definition) is 1. The minimum absolute atomic E-state index is 0.162. The SMILES string of the molecule is CN1CCCC(N(C)C(=O)C2(N)CCCC2)C1. The molecule has 0 aromatic heterocycles. The molecule has 1 saturated carbocycles. The third-order valence-corrected chi connectivity index (χ3v) is 4.39. The molecule has 17 heavy (non-hydrogen) atoms. The predicted molar refractivity (Wildman–Crippen MR) is 68.7 cm³/mol. The molecular weight excluding hydrogens is 214 g/mol. The Morgan fingerprint density at radius 3 is 2.59 bits per heavy atom. The first-order valence-electron chi connectivity index (χ1n) is 6.78. The Morgan fingerprint density at radius 1 is 1.35 bits per heavy atom. The van der Waals surface area contributed by atoms with Gasteiger partial charge in [0.2, 0.25) is 5.91 Å². The van der Waals surface area contributed by atoms with Crippen molar-refractivity contribution < 1.29 is 4.79 Å². The third kappa shape index (κ3) is 2.63. The van der Waals surface area contributed by atoms with Crippen LogP contribution in [-0.2, 0) is 4.79 Å². The van der Waals surface area contributed by atoms with E-state index in [1.165, 1.54) is 6.42 Å². The molecule has 1 atom stereocenters. The lowest BCUT2D eigenvalue weighted by atomic mass is 9.95. The Hall–Kier alpha value is -0.610. The first-order chi connectivity index (χ1) is 8.03. The molecule has 0 bridgehead atoms. The second-order valence-electron chi connectivity index (χ2n) is 5.84. The van der Waals surface area contributed by atoms with Crippen LogP contribution >= 0.6 is 0 Å². The van der Waals surface area contributed by atoms with E-state index in [-0.39, 0.29) is 5.91 Å². The van der Waals surface area contributed by atoms with Gasteiger partial charge in [0.05, 0.1) is 5.54 Å². The van der Waals surface area contributed by atoms with Crippen LogP contribution in [0.5, 0.6) is 0 Å². The topological polar surface area (TPSA) is 49.6 Å². The lowest BCUT2D eigenvalue weighted by Crippen LogP contribution is -2.57. The molecule has 0 aromatic carbocycles. The molecule has 0 aromatic rings. The maximum Gasteiger partial charge on any atom is 0.242 e. The van der Waals surface area contributed by atoms with Crippen molar-refractivity contribution in [1.82, 2.24) is 9.80 Å². The molecule has 4 nitrogen and oxygen atoms in total. The van der Waals surface area contributed by atoms with E-state index in [1.807, 2.05) is 11.9 Å². The molecule has 1 aliphatic heterocycles. The monoisotopic (exact) mass is 239 g/mol. The molecule has 2 aliphatic rings. The van der Waals surface area contributed by atoms with Crippen LogP contribution in [-0.4, -0.2) is 54.5 Å². The fourth-order valence-electron chi connectivity index (χ4n) is 3.19. The lowest BCUT2D eigenvalue weighted by Gasteiger charge is -2.39. The Bertz CT molecular complexity index is 286. The van der Waals surface area contributed by atoms with Crippen molar-refractivity contribution in [2.24, 2.45) is 5.73 Å². The summed E-state index contributed by atoms with van der Waals surface area (Å²) in [7, 11) is 4.05. The Morgan fingerprint density at radius 2 is 2.00 bits per heavy atom. The molecule has 4 heteroatoms. The zero-order valence-corrected chi connectivity index (χ0v) is 11.1. The van der Waals surface area contributed by atoms with E-state index in [2.05, 4.69) is 11.9 Å². The van der Waals surface area contributed by atoms with Gasteiger partial charge in [-0.2, -0.15) is 0 Å². The molecular formula is C13H25N3O. The summed E-state index contributed by atoms with van der Waals surface area (Å²) in [6.07, 6.45) is 6.21. The average molecular weight is 239 g/mol. The molecule has 2 N–H and O–H groups in total. The quantitative estimate of drug-likeness (QED) is 0.776. The Kier molecular flexibility index (Phi) is 3.73. The number of nitrogens with two attached hydrogens (primary N) is 1. The molecule has 1 saturated heterocycles. The van der Waals surface area contributed by atoms with Gasteiger partial charge in [0.15, 0.2) is 0 Å². The predicted octanol–water partition coefficient (Wildman–Crippen LogP) is 0.811. The highest BCUT2D eigenvalue weighted by Crippen LogP contribution is 2.30. The number of nitrogens with zero attached hydrogens (tertiary/aromatic N) is 2. The van der Waals surface area contributed by atoms with Crippen molar-refractivity contribution >= 4 is 5.91 Å². The van der Waals surface area contributed by atoms with Crippen LogP contribution in [0.15, 0.2) is 0 Å². The van der Waals surface area contributed by atoms with E-state index in [4.69, 9.17) is 5.73 Å². The summed E-state index contributed by atoms with van der Waals surface area (Å²) < 4.78 is 0. The van der Waals surface area contributed by atoms with Crippen LogP contribution in [0.2, 0.25) is 0 Å².